The molecule has 2 aromatic rings. The summed E-state index contributed by atoms with van der Waals surface area (Å²) in [6.45, 7) is 0. The second kappa shape index (κ2) is 5.12. The first-order valence-electron chi connectivity index (χ1n) is 6.84. The van der Waals surface area contributed by atoms with Crippen molar-refractivity contribution in [3.8, 4) is 11.1 Å². The van der Waals surface area contributed by atoms with E-state index in [1.54, 1.807) is 6.07 Å². The second-order valence-electron chi connectivity index (χ2n) is 5.29. The molecule has 0 aliphatic heterocycles. The van der Waals surface area contributed by atoms with Gasteiger partial charge >= 0.3 is 6.18 Å². The molecule has 0 bridgehead atoms. The van der Waals surface area contributed by atoms with E-state index in [9.17, 15) is 23.3 Å². The Hall–Kier alpha value is -2.37. The van der Waals surface area contributed by atoms with Gasteiger partial charge in [-0.15, -0.1) is 0 Å². The predicted octanol–water partition coefficient (Wildman–Crippen LogP) is 4.77. The van der Waals surface area contributed by atoms with Gasteiger partial charge in [-0.3, -0.25) is 10.1 Å². The lowest BCUT2D eigenvalue weighted by molar-refractivity contribution is -0.384. The Balaban J connectivity index is 2.24. The molecule has 2 aromatic carbocycles. The maximum Gasteiger partial charge on any atom is 0.416 e. The van der Waals surface area contributed by atoms with E-state index in [0.29, 0.717) is 12.0 Å². The van der Waals surface area contributed by atoms with Crippen molar-refractivity contribution in [2.75, 3.05) is 0 Å². The molecule has 0 aromatic heterocycles. The van der Waals surface area contributed by atoms with Crippen LogP contribution in [0.1, 0.15) is 23.1 Å². The minimum atomic E-state index is -4.47. The van der Waals surface area contributed by atoms with E-state index in [4.69, 9.17) is 0 Å². The Kier molecular flexibility index (Phi) is 3.39. The molecule has 0 amide bonds. The summed E-state index contributed by atoms with van der Waals surface area (Å²) in [5.41, 5.74) is 1.42. The van der Waals surface area contributed by atoms with Gasteiger partial charge in [0, 0.05) is 6.07 Å². The van der Waals surface area contributed by atoms with Crippen LogP contribution in [-0.2, 0) is 19.0 Å². The smallest absolute Gasteiger partial charge is 0.258 e. The number of nitrogens with zero attached hydrogens (tertiary/aromatic N) is 1. The van der Waals surface area contributed by atoms with Gasteiger partial charge in [0.15, 0.2) is 0 Å². The van der Waals surface area contributed by atoms with Crippen LogP contribution in [0, 0.1) is 10.1 Å². The Labute approximate surface area is 124 Å². The van der Waals surface area contributed by atoms with Crippen molar-refractivity contribution in [1.29, 1.82) is 0 Å². The van der Waals surface area contributed by atoms with Gasteiger partial charge in [0.05, 0.1) is 16.1 Å². The van der Waals surface area contributed by atoms with E-state index >= 15 is 0 Å². The summed E-state index contributed by atoms with van der Waals surface area (Å²) >= 11 is 0. The van der Waals surface area contributed by atoms with Crippen LogP contribution >= 0.6 is 0 Å². The fourth-order valence-electron chi connectivity index (χ4n) is 2.98. The van der Waals surface area contributed by atoms with Crippen molar-refractivity contribution >= 4 is 5.69 Å². The van der Waals surface area contributed by atoms with Gasteiger partial charge in [0.1, 0.15) is 0 Å². The number of fused-ring (bicyclic) bond motifs is 1. The molecule has 0 spiro atoms. The lowest BCUT2D eigenvalue weighted by Crippen LogP contribution is -2.05. The van der Waals surface area contributed by atoms with Crippen molar-refractivity contribution in [2.45, 2.75) is 25.4 Å². The van der Waals surface area contributed by atoms with E-state index in [1.165, 1.54) is 18.2 Å². The van der Waals surface area contributed by atoms with E-state index in [0.717, 1.165) is 36.1 Å². The highest BCUT2D eigenvalue weighted by molar-refractivity contribution is 5.79. The summed E-state index contributed by atoms with van der Waals surface area (Å²) in [5, 5.41) is 11.3. The van der Waals surface area contributed by atoms with Crippen LogP contribution in [0.5, 0.6) is 0 Å². The quantitative estimate of drug-likeness (QED) is 0.592. The molecule has 0 atom stereocenters. The summed E-state index contributed by atoms with van der Waals surface area (Å²) in [5.74, 6) is 0. The van der Waals surface area contributed by atoms with Crippen LogP contribution < -0.4 is 0 Å². The molecule has 0 fully saturated rings. The molecule has 3 rings (SSSR count). The fraction of sp³-hybridized carbons (Fsp3) is 0.250. The van der Waals surface area contributed by atoms with E-state index in [-0.39, 0.29) is 11.3 Å². The van der Waals surface area contributed by atoms with Gasteiger partial charge in [-0.25, -0.2) is 0 Å². The highest BCUT2D eigenvalue weighted by atomic mass is 19.4. The summed E-state index contributed by atoms with van der Waals surface area (Å²) in [4.78, 5) is 10.7. The van der Waals surface area contributed by atoms with Gasteiger partial charge < -0.3 is 0 Å². The van der Waals surface area contributed by atoms with Gasteiger partial charge in [-0.05, 0) is 48.1 Å². The molecule has 0 saturated heterocycles. The maximum absolute atomic E-state index is 12.9. The Morgan fingerprint density at radius 1 is 1.09 bits per heavy atom. The van der Waals surface area contributed by atoms with Gasteiger partial charge in [-0.1, -0.05) is 18.2 Å². The molecular formula is C16H12F3NO2. The van der Waals surface area contributed by atoms with Crippen LogP contribution in [0.4, 0.5) is 18.9 Å². The SMILES string of the molecule is O=[N+]([O-])c1ccc2c(c1-c1cccc(C(F)(F)F)c1)CCC2. The monoisotopic (exact) mass is 307 g/mol. The third-order valence-electron chi connectivity index (χ3n) is 3.94. The lowest BCUT2D eigenvalue weighted by Gasteiger charge is -2.12. The van der Waals surface area contributed by atoms with Crippen LogP contribution in [-0.4, -0.2) is 4.92 Å². The topological polar surface area (TPSA) is 43.1 Å². The minimum Gasteiger partial charge on any atom is -0.258 e. The zero-order chi connectivity index (χ0) is 15.9. The number of hydrogen-bond acceptors (Lipinski definition) is 2. The largest absolute Gasteiger partial charge is 0.416 e. The van der Waals surface area contributed by atoms with Crippen molar-refractivity contribution in [3.05, 3.63) is 63.2 Å². The summed E-state index contributed by atoms with van der Waals surface area (Å²) < 4.78 is 38.6. The van der Waals surface area contributed by atoms with E-state index in [1.807, 2.05) is 0 Å². The third kappa shape index (κ3) is 2.45. The maximum atomic E-state index is 12.9. The summed E-state index contributed by atoms with van der Waals surface area (Å²) in [6, 6.07) is 7.84. The van der Waals surface area contributed by atoms with E-state index in [2.05, 4.69) is 0 Å². The molecule has 1 aliphatic carbocycles. The van der Waals surface area contributed by atoms with Crippen LogP contribution in [0.3, 0.4) is 0 Å². The molecule has 0 saturated carbocycles. The lowest BCUT2D eigenvalue weighted by atomic mass is 9.94. The van der Waals surface area contributed by atoms with Crippen molar-refractivity contribution in [1.82, 2.24) is 0 Å². The van der Waals surface area contributed by atoms with Crippen LogP contribution in [0.2, 0.25) is 0 Å². The first-order valence-corrected chi connectivity index (χ1v) is 6.84. The van der Waals surface area contributed by atoms with Gasteiger partial charge in [0.2, 0.25) is 0 Å². The minimum absolute atomic E-state index is 0.139. The molecule has 0 heterocycles. The first kappa shape index (κ1) is 14.6. The standard InChI is InChI=1S/C16H12F3NO2/c17-16(18,19)12-5-1-4-11(9-12)15-13-6-2-3-10(13)7-8-14(15)20(21)22/h1,4-5,7-9H,2-3,6H2. The molecule has 114 valence electrons. The number of halogens is 3. The molecule has 22 heavy (non-hydrogen) atoms. The Bertz CT molecular complexity index is 754. The van der Waals surface area contributed by atoms with Crippen molar-refractivity contribution < 1.29 is 18.1 Å². The molecule has 0 unspecified atom stereocenters. The second-order valence-corrected chi connectivity index (χ2v) is 5.29. The predicted molar refractivity (Wildman–Crippen MR) is 75.6 cm³/mol. The highest BCUT2D eigenvalue weighted by Crippen LogP contribution is 2.41. The molecule has 3 nitrogen and oxygen atoms in total. The fourth-order valence-corrected chi connectivity index (χ4v) is 2.98. The molecule has 0 radical (unpaired) electrons. The average Bonchev–Trinajstić information content (AvgIpc) is 2.93. The number of benzene rings is 2. The summed E-state index contributed by atoms with van der Waals surface area (Å²) in [7, 11) is 0. The molecule has 6 heteroatoms. The number of nitro groups is 1. The van der Waals surface area contributed by atoms with Gasteiger partial charge in [0.25, 0.3) is 5.69 Å². The Morgan fingerprint density at radius 2 is 1.86 bits per heavy atom. The molecular weight excluding hydrogens is 295 g/mol. The van der Waals surface area contributed by atoms with Crippen molar-refractivity contribution in [3.63, 3.8) is 0 Å². The Morgan fingerprint density at radius 3 is 2.55 bits per heavy atom. The van der Waals surface area contributed by atoms with Crippen molar-refractivity contribution in [2.24, 2.45) is 0 Å². The zero-order valence-corrected chi connectivity index (χ0v) is 11.5. The third-order valence-corrected chi connectivity index (χ3v) is 3.94. The first-order chi connectivity index (χ1) is 10.4. The summed E-state index contributed by atoms with van der Waals surface area (Å²) in [6.07, 6.45) is -2.15. The molecule has 1 aliphatic rings. The molecule has 0 N–H and O–H groups in total. The van der Waals surface area contributed by atoms with Gasteiger partial charge in [-0.2, -0.15) is 13.2 Å². The number of nitro benzene ring substituents is 1. The number of hydrogen-bond donors (Lipinski definition) is 0. The number of alkyl halides is 3. The number of aryl methyl sites for hydroxylation is 1. The highest BCUT2D eigenvalue weighted by Gasteiger charge is 2.32. The number of rotatable bonds is 2. The average molecular weight is 307 g/mol. The van der Waals surface area contributed by atoms with Crippen LogP contribution in [0.15, 0.2) is 36.4 Å². The van der Waals surface area contributed by atoms with E-state index < -0.39 is 16.7 Å². The normalized spacial score (nSPS) is 14.0. The van der Waals surface area contributed by atoms with Crippen LogP contribution in [0.25, 0.3) is 11.1 Å². The zero-order valence-electron chi connectivity index (χ0n) is 11.5.